The zero-order chi connectivity index (χ0) is 25.8. The highest BCUT2D eigenvalue weighted by Crippen LogP contribution is 2.44. The van der Waals surface area contributed by atoms with E-state index in [1.807, 2.05) is 25.1 Å². The van der Waals surface area contributed by atoms with Crippen LogP contribution in [-0.2, 0) is 19.2 Å². The Morgan fingerprint density at radius 3 is 2.44 bits per heavy atom. The number of rotatable bonds is 9. The van der Waals surface area contributed by atoms with Crippen molar-refractivity contribution in [3.05, 3.63) is 64.6 Å². The molecule has 0 unspecified atom stereocenters. The highest BCUT2D eigenvalue weighted by atomic mass is 32.2. The van der Waals surface area contributed by atoms with Gasteiger partial charge in [0.25, 0.3) is 11.8 Å². The molecule has 2 aromatic carbocycles. The minimum absolute atomic E-state index is 0.0843. The first-order valence-corrected chi connectivity index (χ1v) is 12.8. The van der Waals surface area contributed by atoms with Crippen molar-refractivity contribution >= 4 is 68.9 Å². The molecule has 3 amide bonds. The smallest absolute Gasteiger partial charge is 0.303 e. The zero-order valence-corrected chi connectivity index (χ0v) is 21.3. The number of hydrogen-bond donors (Lipinski definition) is 2. The van der Waals surface area contributed by atoms with Gasteiger partial charge in [0, 0.05) is 24.2 Å². The number of hydrogen-bond acceptors (Lipinski definition) is 6. The molecule has 2 aliphatic heterocycles. The molecule has 1 fully saturated rings. The lowest BCUT2D eigenvalue weighted by molar-refractivity contribution is -0.137. The number of aryl methyl sites for hydroxylation is 1. The maximum atomic E-state index is 13.5. The van der Waals surface area contributed by atoms with Crippen LogP contribution in [0.3, 0.4) is 0 Å². The number of nitrogens with zero attached hydrogens (tertiary/aromatic N) is 2. The van der Waals surface area contributed by atoms with Gasteiger partial charge in [0.2, 0.25) is 5.91 Å². The Bertz CT molecular complexity index is 1290. The summed E-state index contributed by atoms with van der Waals surface area (Å²) < 4.78 is 0.363. The highest BCUT2D eigenvalue weighted by molar-refractivity contribution is 8.26. The van der Waals surface area contributed by atoms with E-state index in [4.69, 9.17) is 17.3 Å². The molecule has 2 heterocycles. The molecule has 1 saturated heterocycles. The summed E-state index contributed by atoms with van der Waals surface area (Å²) in [5, 5.41) is 11.6. The number of aliphatic carboxylic acids is 1. The summed E-state index contributed by atoms with van der Waals surface area (Å²) in [6.45, 7) is 2.05. The van der Waals surface area contributed by atoms with Crippen LogP contribution in [0.5, 0.6) is 0 Å². The fourth-order valence-electron chi connectivity index (χ4n) is 4.17. The fraction of sp³-hybridized carbons (Fsp3) is 0.269. The molecular formula is C26H25N3O5S2. The quantitative estimate of drug-likeness (QED) is 0.288. The third-order valence-corrected chi connectivity index (χ3v) is 7.44. The van der Waals surface area contributed by atoms with E-state index in [1.165, 1.54) is 9.80 Å². The van der Waals surface area contributed by atoms with E-state index in [2.05, 4.69) is 5.32 Å². The SMILES string of the molecule is Cc1ccccc1NC(=O)CN1C(=O)/C(=C2\SC(=S)N(CCCCCC(=O)O)C2=O)c2ccccc21. The number of thiocarbonyl (C=S) groups is 1. The zero-order valence-electron chi connectivity index (χ0n) is 19.7. The summed E-state index contributed by atoms with van der Waals surface area (Å²) >= 11 is 6.51. The summed E-state index contributed by atoms with van der Waals surface area (Å²) in [5.41, 5.74) is 2.99. The van der Waals surface area contributed by atoms with Crippen molar-refractivity contribution in [2.24, 2.45) is 0 Å². The molecule has 2 N–H and O–H groups in total. The maximum Gasteiger partial charge on any atom is 0.303 e. The van der Waals surface area contributed by atoms with Gasteiger partial charge in [-0.2, -0.15) is 0 Å². The summed E-state index contributed by atoms with van der Waals surface area (Å²) in [6, 6.07) is 14.5. The molecule has 0 radical (unpaired) electrons. The standard InChI is InChI=1S/C26H25N3O5S2/c1-16-9-4-6-11-18(16)27-20(30)15-29-19-12-7-5-10-17(19)22(24(29)33)23-25(34)28(26(35)36-23)14-8-2-3-13-21(31)32/h4-7,9-12H,2-3,8,13-15H2,1H3,(H,27,30)(H,31,32)/b23-22-. The van der Waals surface area contributed by atoms with Gasteiger partial charge in [-0.25, -0.2) is 0 Å². The lowest BCUT2D eigenvalue weighted by Gasteiger charge is -2.17. The minimum atomic E-state index is -0.846. The number of benzene rings is 2. The van der Waals surface area contributed by atoms with Crippen LogP contribution in [0.2, 0.25) is 0 Å². The molecule has 8 nitrogen and oxygen atoms in total. The number of carboxylic acids is 1. The van der Waals surface area contributed by atoms with Crippen LogP contribution >= 0.6 is 24.0 Å². The lowest BCUT2D eigenvalue weighted by Crippen LogP contribution is -2.35. The van der Waals surface area contributed by atoms with Crippen LogP contribution in [-0.4, -0.2) is 51.1 Å². The second-order valence-electron chi connectivity index (χ2n) is 8.50. The van der Waals surface area contributed by atoms with Crippen molar-refractivity contribution in [1.82, 2.24) is 4.90 Å². The average Bonchev–Trinajstić information content (AvgIpc) is 3.27. The molecule has 0 saturated carbocycles. The monoisotopic (exact) mass is 523 g/mol. The largest absolute Gasteiger partial charge is 0.481 e. The van der Waals surface area contributed by atoms with E-state index in [9.17, 15) is 19.2 Å². The Morgan fingerprint density at radius 2 is 1.69 bits per heavy atom. The van der Waals surface area contributed by atoms with Gasteiger partial charge in [0.1, 0.15) is 10.9 Å². The fourth-order valence-corrected chi connectivity index (χ4v) is 5.55. The Balaban J connectivity index is 1.53. The summed E-state index contributed by atoms with van der Waals surface area (Å²) in [7, 11) is 0. The Morgan fingerprint density at radius 1 is 0.972 bits per heavy atom. The number of para-hydroxylation sites is 2. The molecule has 2 aliphatic rings. The first-order chi connectivity index (χ1) is 17.3. The molecule has 0 aliphatic carbocycles. The van der Waals surface area contributed by atoms with Crippen molar-refractivity contribution in [2.45, 2.75) is 32.6 Å². The van der Waals surface area contributed by atoms with Crippen molar-refractivity contribution in [1.29, 1.82) is 0 Å². The second-order valence-corrected chi connectivity index (χ2v) is 10.1. The van der Waals surface area contributed by atoms with Crippen LogP contribution in [0.15, 0.2) is 53.4 Å². The van der Waals surface area contributed by atoms with E-state index in [0.29, 0.717) is 47.1 Å². The van der Waals surface area contributed by atoms with Crippen LogP contribution in [0.1, 0.15) is 36.8 Å². The van der Waals surface area contributed by atoms with Crippen molar-refractivity contribution in [3.63, 3.8) is 0 Å². The second kappa shape index (κ2) is 11.0. The minimum Gasteiger partial charge on any atom is -0.481 e. The molecule has 186 valence electrons. The average molecular weight is 524 g/mol. The molecule has 0 atom stereocenters. The molecule has 0 spiro atoms. The van der Waals surface area contributed by atoms with Crippen LogP contribution in [0.4, 0.5) is 11.4 Å². The van der Waals surface area contributed by atoms with Crippen molar-refractivity contribution in [2.75, 3.05) is 23.3 Å². The summed E-state index contributed by atoms with van der Waals surface area (Å²) in [6.07, 6.45) is 1.87. The lowest BCUT2D eigenvalue weighted by atomic mass is 10.1. The molecular weight excluding hydrogens is 498 g/mol. The van der Waals surface area contributed by atoms with Crippen LogP contribution in [0, 0.1) is 6.92 Å². The highest BCUT2D eigenvalue weighted by Gasteiger charge is 2.42. The number of carboxylic acid groups (broad SMARTS) is 1. The van der Waals surface area contributed by atoms with Crippen LogP contribution < -0.4 is 10.2 Å². The normalized spacial score (nSPS) is 17.1. The van der Waals surface area contributed by atoms with Gasteiger partial charge in [-0.1, -0.05) is 66.8 Å². The summed E-state index contributed by atoms with van der Waals surface area (Å²) in [4.78, 5) is 53.4. The van der Waals surface area contributed by atoms with E-state index in [0.717, 1.165) is 17.3 Å². The van der Waals surface area contributed by atoms with Crippen LogP contribution in [0.25, 0.3) is 5.57 Å². The van der Waals surface area contributed by atoms with Crippen molar-refractivity contribution < 1.29 is 24.3 Å². The Hall–Kier alpha value is -3.50. The number of fused-ring (bicyclic) bond motifs is 1. The molecule has 0 bridgehead atoms. The predicted octanol–water partition coefficient (Wildman–Crippen LogP) is 4.20. The van der Waals surface area contributed by atoms with Crippen molar-refractivity contribution in [3.8, 4) is 0 Å². The number of amides is 3. The first kappa shape index (κ1) is 25.6. The van der Waals surface area contributed by atoms with E-state index < -0.39 is 11.9 Å². The number of nitrogens with one attached hydrogen (secondary N) is 1. The molecule has 4 rings (SSSR count). The van der Waals surface area contributed by atoms with Gasteiger partial charge in [0.15, 0.2) is 0 Å². The Labute approximate surface area is 218 Å². The number of anilines is 2. The molecule has 36 heavy (non-hydrogen) atoms. The number of carbonyl (C=O) groups excluding carboxylic acids is 3. The number of carbonyl (C=O) groups is 4. The van der Waals surface area contributed by atoms with E-state index in [-0.39, 0.29) is 35.3 Å². The topological polar surface area (TPSA) is 107 Å². The third kappa shape index (κ3) is 5.34. The van der Waals surface area contributed by atoms with Gasteiger partial charge in [-0.05, 0) is 37.5 Å². The third-order valence-electron chi connectivity index (χ3n) is 5.99. The van der Waals surface area contributed by atoms with Gasteiger partial charge >= 0.3 is 5.97 Å². The molecule has 10 heteroatoms. The van der Waals surface area contributed by atoms with E-state index >= 15 is 0 Å². The maximum absolute atomic E-state index is 13.5. The van der Waals surface area contributed by atoms with Gasteiger partial charge < -0.3 is 10.4 Å². The van der Waals surface area contributed by atoms with Gasteiger partial charge in [-0.3, -0.25) is 29.0 Å². The molecule has 0 aromatic heterocycles. The predicted molar refractivity (Wildman–Crippen MR) is 144 cm³/mol. The van der Waals surface area contributed by atoms with Gasteiger partial charge in [-0.15, -0.1) is 0 Å². The molecule has 2 aromatic rings. The summed E-state index contributed by atoms with van der Waals surface area (Å²) in [5.74, 6) is -1.95. The van der Waals surface area contributed by atoms with Gasteiger partial charge in [0.05, 0.1) is 16.2 Å². The van der Waals surface area contributed by atoms with E-state index in [1.54, 1.807) is 30.3 Å². The Kier molecular flexibility index (Phi) is 7.85. The first-order valence-electron chi connectivity index (χ1n) is 11.5. The number of thioether (sulfide) groups is 1. The number of unbranched alkanes of at least 4 members (excludes halogenated alkanes) is 2.